The van der Waals surface area contributed by atoms with Crippen LogP contribution in [-0.2, 0) is 16.1 Å². The maximum absolute atomic E-state index is 11.7. The number of nitrogens with zero attached hydrogens (tertiary/aromatic N) is 1. The minimum Gasteiger partial charge on any atom is -0.444 e. The van der Waals surface area contributed by atoms with Crippen molar-refractivity contribution in [1.29, 1.82) is 0 Å². The largest absolute Gasteiger partial charge is 0.444 e. The molecule has 0 atom stereocenters. The summed E-state index contributed by atoms with van der Waals surface area (Å²) in [5.41, 5.74) is -0.431. The second-order valence-electron chi connectivity index (χ2n) is 7.38. The van der Waals surface area contributed by atoms with Crippen LogP contribution in [0.25, 0.3) is 0 Å². The van der Waals surface area contributed by atoms with Crippen molar-refractivity contribution >= 4 is 29.5 Å². The van der Waals surface area contributed by atoms with Crippen LogP contribution in [0.15, 0.2) is 18.2 Å². The summed E-state index contributed by atoms with van der Waals surface area (Å²) in [5.74, 6) is 0. The molecule has 29 heavy (non-hydrogen) atoms. The Kier molecular flexibility index (Phi) is 10.2. The van der Waals surface area contributed by atoms with Gasteiger partial charge in [0.25, 0.3) is 5.69 Å². The molecule has 1 aromatic rings. The Morgan fingerprint density at radius 2 is 1.66 bits per heavy atom. The van der Waals surface area contributed by atoms with Crippen LogP contribution in [0.3, 0.4) is 0 Å². The summed E-state index contributed by atoms with van der Waals surface area (Å²) in [4.78, 5) is 33.6. The molecule has 0 aliphatic rings. The first-order valence-corrected chi connectivity index (χ1v) is 9.76. The summed E-state index contributed by atoms with van der Waals surface area (Å²) in [6.45, 7) is 6.14. The Bertz CT molecular complexity index is 706. The quantitative estimate of drug-likeness (QED) is 0.319. The summed E-state index contributed by atoms with van der Waals surface area (Å²) in [6.07, 6.45) is 2.24. The van der Waals surface area contributed by atoms with Gasteiger partial charge in [0.05, 0.1) is 10.5 Å². The maximum Gasteiger partial charge on any atom is 0.407 e. The molecule has 9 nitrogen and oxygen atoms in total. The van der Waals surface area contributed by atoms with Crippen LogP contribution in [0, 0.1) is 10.1 Å². The third-order valence-corrected chi connectivity index (χ3v) is 3.87. The topological polar surface area (TPSA) is 120 Å². The Labute approximate surface area is 175 Å². The predicted molar refractivity (Wildman–Crippen MR) is 109 cm³/mol. The van der Waals surface area contributed by atoms with Gasteiger partial charge in [0, 0.05) is 24.2 Å². The third-order valence-electron chi connectivity index (χ3n) is 3.64. The number of nitrogens with one attached hydrogen (secondary N) is 2. The Morgan fingerprint density at radius 3 is 2.21 bits per heavy atom. The summed E-state index contributed by atoms with van der Waals surface area (Å²) in [7, 11) is 0. The summed E-state index contributed by atoms with van der Waals surface area (Å²) >= 11 is 5.83. The molecule has 10 heteroatoms. The maximum atomic E-state index is 11.7. The summed E-state index contributed by atoms with van der Waals surface area (Å²) in [6, 6.07) is 4.08. The van der Waals surface area contributed by atoms with Gasteiger partial charge in [0.1, 0.15) is 12.2 Å². The van der Waals surface area contributed by atoms with Crippen molar-refractivity contribution in [2.24, 2.45) is 0 Å². The number of ether oxygens (including phenoxy) is 2. The fourth-order valence-corrected chi connectivity index (χ4v) is 2.54. The van der Waals surface area contributed by atoms with E-state index in [0.29, 0.717) is 18.1 Å². The number of amides is 2. The normalized spacial score (nSPS) is 10.9. The van der Waals surface area contributed by atoms with E-state index in [2.05, 4.69) is 10.6 Å². The van der Waals surface area contributed by atoms with E-state index in [0.717, 1.165) is 25.7 Å². The zero-order valence-corrected chi connectivity index (χ0v) is 17.7. The van der Waals surface area contributed by atoms with E-state index >= 15 is 0 Å². The van der Waals surface area contributed by atoms with Crippen LogP contribution < -0.4 is 10.6 Å². The molecule has 0 bridgehead atoms. The molecule has 0 unspecified atom stereocenters. The third kappa shape index (κ3) is 11.1. The standard InChI is InChI=1S/C19H28ClN3O6/c1-19(2,3)29-18(25)22-11-7-5-4-6-10-21-17(24)28-13-14-12-15(20)8-9-16(14)23(26)27/h8-9,12H,4-7,10-11,13H2,1-3H3,(H,21,24)(H,22,25). The van der Waals surface area contributed by atoms with Crippen LogP contribution in [0.2, 0.25) is 5.02 Å². The lowest BCUT2D eigenvalue weighted by molar-refractivity contribution is -0.385. The molecule has 0 aromatic heterocycles. The van der Waals surface area contributed by atoms with Gasteiger partial charge >= 0.3 is 12.2 Å². The van der Waals surface area contributed by atoms with Crippen molar-refractivity contribution in [2.75, 3.05) is 13.1 Å². The summed E-state index contributed by atoms with van der Waals surface area (Å²) in [5, 5.41) is 16.6. The number of hydrogen-bond donors (Lipinski definition) is 2. The highest BCUT2D eigenvalue weighted by molar-refractivity contribution is 6.30. The van der Waals surface area contributed by atoms with E-state index < -0.39 is 22.7 Å². The molecule has 0 radical (unpaired) electrons. The van der Waals surface area contributed by atoms with Crippen molar-refractivity contribution in [2.45, 2.75) is 58.7 Å². The van der Waals surface area contributed by atoms with Gasteiger partial charge in [-0.3, -0.25) is 10.1 Å². The van der Waals surface area contributed by atoms with Gasteiger partial charge in [0.15, 0.2) is 0 Å². The van der Waals surface area contributed by atoms with Crippen molar-refractivity contribution in [3.05, 3.63) is 38.9 Å². The van der Waals surface area contributed by atoms with Gasteiger partial charge in [-0.25, -0.2) is 9.59 Å². The average Bonchev–Trinajstić information content (AvgIpc) is 2.60. The average molecular weight is 430 g/mol. The molecular weight excluding hydrogens is 402 g/mol. The van der Waals surface area contributed by atoms with Gasteiger partial charge in [-0.05, 0) is 45.7 Å². The zero-order chi connectivity index (χ0) is 21.9. The first-order valence-electron chi connectivity index (χ1n) is 9.39. The lowest BCUT2D eigenvalue weighted by Crippen LogP contribution is -2.33. The van der Waals surface area contributed by atoms with E-state index in [1.54, 1.807) is 20.8 Å². The number of benzene rings is 1. The fourth-order valence-electron chi connectivity index (χ4n) is 2.34. The number of nitro groups is 1. The Morgan fingerprint density at radius 1 is 1.07 bits per heavy atom. The van der Waals surface area contributed by atoms with Crippen molar-refractivity contribution in [1.82, 2.24) is 10.6 Å². The predicted octanol–water partition coefficient (Wildman–Crippen LogP) is 4.56. The molecular formula is C19H28ClN3O6. The fraction of sp³-hybridized carbons (Fsp3) is 0.579. The van der Waals surface area contributed by atoms with Crippen molar-refractivity contribution < 1.29 is 24.0 Å². The number of rotatable bonds is 10. The SMILES string of the molecule is CC(C)(C)OC(=O)NCCCCCCNC(=O)OCc1cc(Cl)ccc1[N+](=O)[O-]. The molecule has 0 spiro atoms. The number of nitro benzene ring substituents is 1. The Balaban J connectivity index is 2.13. The first kappa shape index (κ1) is 24.5. The second kappa shape index (κ2) is 12.1. The molecule has 162 valence electrons. The van der Waals surface area contributed by atoms with E-state index in [4.69, 9.17) is 21.1 Å². The van der Waals surface area contributed by atoms with E-state index in [9.17, 15) is 19.7 Å². The molecule has 0 aliphatic heterocycles. The van der Waals surface area contributed by atoms with E-state index in [-0.39, 0.29) is 17.9 Å². The molecule has 1 rings (SSSR count). The second-order valence-corrected chi connectivity index (χ2v) is 7.81. The van der Waals surface area contributed by atoms with Crippen LogP contribution in [0.4, 0.5) is 15.3 Å². The number of unbranched alkanes of at least 4 members (excludes halogenated alkanes) is 3. The van der Waals surface area contributed by atoms with Gasteiger partial charge in [0.2, 0.25) is 0 Å². The lowest BCUT2D eigenvalue weighted by atomic mass is 10.2. The lowest BCUT2D eigenvalue weighted by Gasteiger charge is -2.19. The first-order chi connectivity index (χ1) is 13.6. The van der Waals surface area contributed by atoms with E-state index in [1.807, 2.05) is 0 Å². The van der Waals surface area contributed by atoms with Crippen LogP contribution in [0.1, 0.15) is 52.0 Å². The highest BCUT2D eigenvalue weighted by Crippen LogP contribution is 2.23. The number of halogens is 1. The van der Waals surface area contributed by atoms with Gasteiger partial charge in [-0.15, -0.1) is 0 Å². The summed E-state index contributed by atoms with van der Waals surface area (Å²) < 4.78 is 10.1. The molecule has 0 aliphatic carbocycles. The molecule has 2 N–H and O–H groups in total. The Hall–Kier alpha value is -2.55. The molecule has 0 heterocycles. The zero-order valence-electron chi connectivity index (χ0n) is 17.0. The minimum absolute atomic E-state index is 0.151. The van der Waals surface area contributed by atoms with Gasteiger partial charge < -0.3 is 20.1 Å². The smallest absolute Gasteiger partial charge is 0.407 e. The van der Waals surface area contributed by atoms with Crippen LogP contribution in [-0.4, -0.2) is 35.8 Å². The molecule has 0 saturated carbocycles. The number of carbonyl (C=O) groups is 2. The molecule has 0 fully saturated rings. The van der Waals surface area contributed by atoms with E-state index in [1.165, 1.54) is 18.2 Å². The highest BCUT2D eigenvalue weighted by atomic mass is 35.5. The van der Waals surface area contributed by atoms with Crippen LogP contribution in [0.5, 0.6) is 0 Å². The number of carbonyl (C=O) groups excluding carboxylic acids is 2. The van der Waals surface area contributed by atoms with Gasteiger partial charge in [-0.2, -0.15) is 0 Å². The van der Waals surface area contributed by atoms with Crippen molar-refractivity contribution in [3.8, 4) is 0 Å². The van der Waals surface area contributed by atoms with Crippen molar-refractivity contribution in [3.63, 3.8) is 0 Å². The molecule has 0 saturated heterocycles. The number of hydrogen-bond acceptors (Lipinski definition) is 6. The van der Waals surface area contributed by atoms with Crippen LogP contribution >= 0.6 is 11.6 Å². The monoisotopic (exact) mass is 429 g/mol. The minimum atomic E-state index is -0.647. The van der Waals surface area contributed by atoms with Gasteiger partial charge in [-0.1, -0.05) is 24.4 Å². The number of alkyl carbamates (subject to hydrolysis) is 2. The highest BCUT2D eigenvalue weighted by Gasteiger charge is 2.16. The molecule has 1 aromatic carbocycles. The molecule has 2 amide bonds.